The first kappa shape index (κ1) is 56.3. The van der Waals surface area contributed by atoms with Crippen molar-refractivity contribution >= 4 is 97.1 Å². The van der Waals surface area contributed by atoms with E-state index >= 15 is 0 Å². The van der Waals surface area contributed by atoms with Crippen molar-refractivity contribution in [2.45, 2.75) is 0 Å². The molecule has 0 aliphatic rings. The van der Waals surface area contributed by atoms with Crippen LogP contribution in [-0.2, 0) is 0 Å². The third-order valence-electron chi connectivity index (χ3n) is 18.3. The van der Waals surface area contributed by atoms with E-state index in [9.17, 15) is 0 Å². The van der Waals surface area contributed by atoms with E-state index < -0.39 is 0 Å². The smallest absolute Gasteiger partial charge is 0.0554 e. The number of benzene rings is 15. The molecule has 0 aliphatic carbocycles. The van der Waals surface area contributed by atoms with E-state index in [-0.39, 0.29) is 0 Å². The quantitative estimate of drug-likeness (QED) is 0.107. The van der Waals surface area contributed by atoms with Gasteiger partial charge in [-0.15, -0.1) is 22.7 Å². The zero-order valence-electron chi connectivity index (χ0n) is 51.4. The van der Waals surface area contributed by atoms with Gasteiger partial charge in [-0.3, -0.25) is 0 Å². The summed E-state index contributed by atoms with van der Waals surface area (Å²) in [6.45, 7) is 0. The number of rotatable bonds is 14. The molecule has 0 spiro atoms. The van der Waals surface area contributed by atoms with Gasteiger partial charge < -0.3 is 9.80 Å². The predicted octanol–water partition coefficient (Wildman–Crippen LogP) is 26.7. The van der Waals surface area contributed by atoms with Crippen molar-refractivity contribution in [2.75, 3.05) is 9.80 Å². The van der Waals surface area contributed by atoms with Crippen LogP contribution in [0.3, 0.4) is 0 Å². The van der Waals surface area contributed by atoms with Crippen molar-refractivity contribution in [3.8, 4) is 89.0 Å². The third-order valence-corrected chi connectivity index (χ3v) is 20.6. The van der Waals surface area contributed by atoms with E-state index in [4.69, 9.17) is 0 Å². The Morgan fingerprint density at radius 3 is 1.05 bits per heavy atom. The molecule has 2 heterocycles. The highest BCUT2D eigenvalue weighted by molar-refractivity contribution is 7.26. The lowest BCUT2D eigenvalue weighted by molar-refractivity contribution is 1.28. The van der Waals surface area contributed by atoms with E-state index in [0.717, 1.165) is 56.4 Å². The molecule has 0 saturated heterocycles. The second-order valence-electron chi connectivity index (χ2n) is 24.0. The Kier molecular flexibility index (Phi) is 14.7. The monoisotopic (exact) mass is 1230 g/mol. The molecule has 0 radical (unpaired) electrons. The molecule has 0 N–H and O–H groups in total. The molecule has 17 rings (SSSR count). The summed E-state index contributed by atoms with van der Waals surface area (Å²) < 4.78 is 5.07. The summed E-state index contributed by atoms with van der Waals surface area (Å²) >= 11 is 3.73. The average Bonchev–Trinajstić information content (AvgIpc) is 1.52. The Hall–Kier alpha value is -11.7. The van der Waals surface area contributed by atoms with Crippen LogP contribution in [0.5, 0.6) is 0 Å². The van der Waals surface area contributed by atoms with Crippen molar-refractivity contribution in [1.29, 1.82) is 0 Å². The highest BCUT2D eigenvalue weighted by atomic mass is 32.1. The molecule has 15 aromatic carbocycles. The number of para-hydroxylation sites is 1. The standard InChI is InChI=1S/C90H60N2S2/c1-6-21-61(22-7-1)64-37-46-73(47-38-64)91(74-52-43-69(44-53-74)81-59-89-83(78-34-17-19-36-87(78)93-89)57-80(81)67-27-12-4-13-28-67)85-35-18-16-33-77(85)72-32-20-31-70(55-72)71-45-54-79-84-58-82(68-29-14-5-15-30-68)86(60-90(84)94-88(79)56-71)92(75-48-39-65(40-49-75)62-23-8-2-9-24-62)76-50-41-66(42-51-76)63-25-10-3-11-26-63/h1-60H. The zero-order valence-corrected chi connectivity index (χ0v) is 53.0. The van der Waals surface area contributed by atoms with Gasteiger partial charge in [0.2, 0.25) is 0 Å². The second kappa shape index (κ2) is 24.5. The maximum Gasteiger partial charge on any atom is 0.0554 e. The molecule has 0 bridgehead atoms. The van der Waals surface area contributed by atoms with Crippen molar-refractivity contribution in [1.82, 2.24) is 0 Å². The Labute approximate surface area is 556 Å². The number of hydrogen-bond donors (Lipinski definition) is 0. The van der Waals surface area contributed by atoms with Crippen LogP contribution in [0.2, 0.25) is 0 Å². The van der Waals surface area contributed by atoms with E-state index in [1.807, 2.05) is 22.7 Å². The summed E-state index contributed by atoms with van der Waals surface area (Å²) in [7, 11) is 0. The molecular weight excluding hydrogens is 1170 g/mol. The van der Waals surface area contributed by atoms with Gasteiger partial charge >= 0.3 is 0 Å². The van der Waals surface area contributed by atoms with Gasteiger partial charge in [0.15, 0.2) is 0 Å². The van der Waals surface area contributed by atoms with Gasteiger partial charge in [0.1, 0.15) is 0 Å². The Balaban J connectivity index is 0.757. The number of fused-ring (bicyclic) bond motifs is 6. The minimum atomic E-state index is 1.07. The molecule has 4 heteroatoms. The summed E-state index contributed by atoms with van der Waals surface area (Å²) in [6, 6.07) is 133. The van der Waals surface area contributed by atoms with Crippen molar-refractivity contribution in [3.05, 3.63) is 364 Å². The molecule has 0 amide bonds. The lowest BCUT2D eigenvalue weighted by Gasteiger charge is -2.28. The van der Waals surface area contributed by atoms with E-state index in [1.165, 1.54) is 107 Å². The SMILES string of the molecule is c1ccc(-c2ccc(N(c3ccc(-c4cc5sc6ccccc6c5cc4-c4ccccc4)cc3)c3ccccc3-c3cccc(-c4ccc5c(c4)sc4cc(N(c6ccc(-c7ccccc7)cc6)c6ccc(-c7ccccc7)cc6)c(-c6ccccc6)cc45)c3)cc2)cc1. The van der Waals surface area contributed by atoms with E-state index in [2.05, 4.69) is 374 Å². The van der Waals surface area contributed by atoms with Crippen molar-refractivity contribution in [3.63, 3.8) is 0 Å². The number of thiophene rings is 2. The number of anilines is 6. The van der Waals surface area contributed by atoms with Crippen LogP contribution in [0.15, 0.2) is 364 Å². The fourth-order valence-corrected chi connectivity index (χ4v) is 15.9. The fourth-order valence-electron chi connectivity index (χ4n) is 13.6. The lowest BCUT2D eigenvalue weighted by Crippen LogP contribution is -2.11. The van der Waals surface area contributed by atoms with Gasteiger partial charge in [0.05, 0.1) is 11.4 Å². The summed E-state index contributed by atoms with van der Waals surface area (Å²) in [5, 5.41) is 5.09. The zero-order chi connectivity index (χ0) is 62.3. The highest BCUT2D eigenvalue weighted by Gasteiger charge is 2.23. The van der Waals surface area contributed by atoms with Crippen LogP contribution in [0.25, 0.3) is 129 Å². The van der Waals surface area contributed by atoms with Crippen LogP contribution < -0.4 is 9.80 Å². The Bertz CT molecular complexity index is 5470. The maximum absolute atomic E-state index is 2.44. The van der Waals surface area contributed by atoms with Crippen molar-refractivity contribution < 1.29 is 0 Å². The second-order valence-corrected chi connectivity index (χ2v) is 26.1. The van der Waals surface area contributed by atoms with E-state index in [0.29, 0.717) is 0 Å². The summed E-state index contributed by atoms with van der Waals surface area (Å²) in [5.74, 6) is 0. The molecule has 0 unspecified atom stereocenters. The molecule has 2 aromatic heterocycles. The van der Waals surface area contributed by atoms with Crippen LogP contribution in [0.1, 0.15) is 0 Å². The van der Waals surface area contributed by atoms with Gasteiger partial charge in [-0.25, -0.2) is 0 Å². The van der Waals surface area contributed by atoms with Gasteiger partial charge in [0.25, 0.3) is 0 Å². The fraction of sp³-hybridized carbons (Fsp3) is 0. The van der Waals surface area contributed by atoms with Gasteiger partial charge in [-0.2, -0.15) is 0 Å². The molecule has 17 aromatic rings. The molecule has 2 nitrogen and oxygen atoms in total. The lowest BCUT2D eigenvalue weighted by atomic mass is 9.92. The van der Waals surface area contributed by atoms with Crippen molar-refractivity contribution in [2.24, 2.45) is 0 Å². The van der Waals surface area contributed by atoms with E-state index in [1.54, 1.807) is 0 Å². The van der Waals surface area contributed by atoms with Gasteiger partial charge in [-0.05, 0) is 175 Å². The molecule has 0 atom stereocenters. The third kappa shape index (κ3) is 10.7. The molecule has 0 aliphatic heterocycles. The van der Waals surface area contributed by atoms with Gasteiger partial charge in [0, 0.05) is 74.2 Å². The number of hydrogen-bond acceptors (Lipinski definition) is 4. The molecule has 0 fully saturated rings. The maximum atomic E-state index is 2.44. The molecular formula is C90H60N2S2. The van der Waals surface area contributed by atoms with Crippen LogP contribution in [0, 0.1) is 0 Å². The summed E-state index contributed by atoms with van der Waals surface area (Å²) in [4.78, 5) is 4.87. The normalized spacial score (nSPS) is 11.4. The largest absolute Gasteiger partial charge is 0.310 e. The Morgan fingerprint density at radius 1 is 0.160 bits per heavy atom. The molecule has 0 saturated carbocycles. The minimum absolute atomic E-state index is 1.07. The molecule has 442 valence electrons. The first-order valence-electron chi connectivity index (χ1n) is 32.0. The summed E-state index contributed by atoms with van der Waals surface area (Å²) in [5.41, 5.74) is 25.4. The predicted molar refractivity (Wildman–Crippen MR) is 405 cm³/mol. The molecule has 94 heavy (non-hydrogen) atoms. The average molecular weight is 1230 g/mol. The number of nitrogens with zero attached hydrogens (tertiary/aromatic N) is 2. The summed E-state index contributed by atoms with van der Waals surface area (Å²) in [6.07, 6.45) is 0. The highest BCUT2D eigenvalue weighted by Crippen LogP contribution is 2.49. The van der Waals surface area contributed by atoms with Crippen LogP contribution in [0.4, 0.5) is 34.1 Å². The van der Waals surface area contributed by atoms with Crippen LogP contribution >= 0.6 is 22.7 Å². The first-order chi connectivity index (χ1) is 46.6. The topological polar surface area (TPSA) is 6.48 Å². The minimum Gasteiger partial charge on any atom is -0.310 e. The van der Waals surface area contributed by atoms with Gasteiger partial charge in [-0.1, -0.05) is 267 Å². The Morgan fingerprint density at radius 2 is 0.500 bits per heavy atom. The first-order valence-corrected chi connectivity index (χ1v) is 33.7. The van der Waals surface area contributed by atoms with Crippen LogP contribution in [-0.4, -0.2) is 0 Å².